The molecule has 2 aromatic carbocycles. The monoisotopic (exact) mass is 426 g/mol. The number of anilines is 1. The number of benzene rings is 2. The molecule has 29 heavy (non-hydrogen) atoms. The van der Waals surface area contributed by atoms with Gasteiger partial charge in [0.25, 0.3) is 0 Å². The van der Waals surface area contributed by atoms with Gasteiger partial charge in [-0.05, 0) is 30.7 Å². The lowest BCUT2D eigenvalue weighted by atomic mass is 10.2. The maximum absolute atomic E-state index is 12.0. The molecule has 1 aliphatic heterocycles. The van der Waals surface area contributed by atoms with Crippen LogP contribution in [0.4, 0.5) is 5.13 Å². The molecule has 4 rings (SSSR count). The average molecular weight is 427 g/mol. The van der Waals surface area contributed by atoms with E-state index in [2.05, 4.69) is 40.2 Å². The predicted molar refractivity (Wildman–Crippen MR) is 123 cm³/mol. The standard InChI is InChI=1S/C22H26N4OS2/c1-17-6-5-9-19-21(17)24-22(29-19)26-14-12-25(13-15-26)11-10-23-20(27)16-28-18-7-3-2-4-8-18/h2-9H,10-16H2,1H3,(H,23,27). The van der Waals surface area contributed by atoms with E-state index in [1.165, 1.54) is 10.3 Å². The molecule has 1 saturated heterocycles. The summed E-state index contributed by atoms with van der Waals surface area (Å²) in [5.74, 6) is 0.566. The maximum atomic E-state index is 12.0. The van der Waals surface area contributed by atoms with Gasteiger partial charge >= 0.3 is 0 Å². The van der Waals surface area contributed by atoms with Crippen LogP contribution in [-0.2, 0) is 4.79 Å². The van der Waals surface area contributed by atoms with E-state index < -0.39 is 0 Å². The molecule has 152 valence electrons. The Kier molecular flexibility index (Phi) is 6.69. The number of para-hydroxylation sites is 1. The van der Waals surface area contributed by atoms with Crippen LogP contribution >= 0.6 is 23.1 Å². The van der Waals surface area contributed by atoms with Crippen molar-refractivity contribution in [2.45, 2.75) is 11.8 Å². The summed E-state index contributed by atoms with van der Waals surface area (Å²) >= 11 is 3.36. The Labute approximate surface area is 180 Å². The van der Waals surface area contributed by atoms with Crippen molar-refractivity contribution in [1.29, 1.82) is 0 Å². The molecule has 7 heteroatoms. The molecule has 0 aliphatic carbocycles. The molecule has 0 atom stereocenters. The van der Waals surface area contributed by atoms with Gasteiger partial charge in [0.1, 0.15) is 0 Å². The van der Waals surface area contributed by atoms with Crippen molar-refractivity contribution in [2.24, 2.45) is 0 Å². The number of fused-ring (bicyclic) bond motifs is 1. The highest BCUT2D eigenvalue weighted by Gasteiger charge is 2.20. The second-order valence-corrected chi connectivity index (χ2v) is 9.26. The molecule has 0 saturated carbocycles. The van der Waals surface area contributed by atoms with E-state index in [-0.39, 0.29) is 5.91 Å². The Morgan fingerprint density at radius 3 is 2.66 bits per heavy atom. The Balaban J connectivity index is 1.18. The van der Waals surface area contributed by atoms with E-state index in [1.54, 1.807) is 23.1 Å². The van der Waals surface area contributed by atoms with E-state index in [0.717, 1.165) is 48.3 Å². The van der Waals surface area contributed by atoms with Crippen LogP contribution in [0.25, 0.3) is 10.2 Å². The molecule has 1 fully saturated rings. The first-order valence-electron chi connectivity index (χ1n) is 9.97. The zero-order valence-corrected chi connectivity index (χ0v) is 18.3. The van der Waals surface area contributed by atoms with Crippen LogP contribution in [0.15, 0.2) is 53.4 Å². The normalized spacial score (nSPS) is 15.0. The van der Waals surface area contributed by atoms with Crippen molar-refractivity contribution < 1.29 is 4.79 Å². The largest absolute Gasteiger partial charge is 0.354 e. The first-order chi connectivity index (χ1) is 14.2. The molecule has 0 unspecified atom stereocenters. The number of aryl methyl sites for hydroxylation is 1. The fourth-order valence-corrected chi connectivity index (χ4v) is 5.29. The number of carbonyl (C=O) groups is 1. The Bertz CT molecular complexity index is 952. The van der Waals surface area contributed by atoms with Crippen LogP contribution in [0.3, 0.4) is 0 Å². The first-order valence-corrected chi connectivity index (χ1v) is 11.8. The van der Waals surface area contributed by atoms with Gasteiger partial charge in [-0.3, -0.25) is 9.69 Å². The number of hydrogen-bond donors (Lipinski definition) is 1. The lowest BCUT2D eigenvalue weighted by Crippen LogP contribution is -2.48. The molecule has 1 aromatic heterocycles. The minimum atomic E-state index is 0.0994. The zero-order valence-electron chi connectivity index (χ0n) is 16.6. The highest BCUT2D eigenvalue weighted by atomic mass is 32.2. The number of thioether (sulfide) groups is 1. The third kappa shape index (κ3) is 5.29. The fraction of sp³-hybridized carbons (Fsp3) is 0.364. The number of amides is 1. The lowest BCUT2D eigenvalue weighted by molar-refractivity contribution is -0.118. The number of hydrogen-bond acceptors (Lipinski definition) is 6. The molecule has 0 radical (unpaired) electrons. The molecule has 1 aliphatic rings. The second-order valence-electron chi connectivity index (χ2n) is 7.20. The van der Waals surface area contributed by atoms with Crippen LogP contribution in [0.5, 0.6) is 0 Å². The van der Waals surface area contributed by atoms with Crippen LogP contribution in [-0.4, -0.2) is 60.8 Å². The summed E-state index contributed by atoms with van der Waals surface area (Å²) in [6.07, 6.45) is 0. The number of piperazine rings is 1. The minimum Gasteiger partial charge on any atom is -0.354 e. The highest BCUT2D eigenvalue weighted by molar-refractivity contribution is 8.00. The number of nitrogens with one attached hydrogen (secondary N) is 1. The lowest BCUT2D eigenvalue weighted by Gasteiger charge is -2.34. The van der Waals surface area contributed by atoms with Crippen LogP contribution < -0.4 is 10.2 Å². The summed E-state index contributed by atoms with van der Waals surface area (Å²) < 4.78 is 1.26. The van der Waals surface area contributed by atoms with Crippen molar-refractivity contribution in [2.75, 3.05) is 49.9 Å². The van der Waals surface area contributed by atoms with Gasteiger partial charge in [-0.1, -0.05) is 41.7 Å². The maximum Gasteiger partial charge on any atom is 0.230 e. The van der Waals surface area contributed by atoms with Crippen molar-refractivity contribution >= 4 is 44.4 Å². The van der Waals surface area contributed by atoms with Gasteiger partial charge in [0, 0.05) is 44.2 Å². The molecule has 0 spiro atoms. The van der Waals surface area contributed by atoms with Crippen LogP contribution in [0.1, 0.15) is 5.56 Å². The van der Waals surface area contributed by atoms with Gasteiger partial charge in [-0.2, -0.15) is 0 Å². The van der Waals surface area contributed by atoms with E-state index in [4.69, 9.17) is 4.98 Å². The third-order valence-corrected chi connectivity index (χ3v) is 7.21. The summed E-state index contributed by atoms with van der Waals surface area (Å²) in [6, 6.07) is 16.4. The summed E-state index contributed by atoms with van der Waals surface area (Å²) in [7, 11) is 0. The Morgan fingerprint density at radius 1 is 1.10 bits per heavy atom. The molecular weight excluding hydrogens is 400 g/mol. The van der Waals surface area contributed by atoms with Crippen molar-refractivity contribution in [3.05, 3.63) is 54.1 Å². The average Bonchev–Trinajstić information content (AvgIpc) is 3.19. The molecule has 0 bridgehead atoms. The Hall–Kier alpha value is -2.09. The number of nitrogens with zero attached hydrogens (tertiary/aromatic N) is 3. The van der Waals surface area contributed by atoms with Gasteiger partial charge in [0.05, 0.1) is 16.0 Å². The van der Waals surface area contributed by atoms with Gasteiger partial charge in [0.15, 0.2) is 5.13 Å². The van der Waals surface area contributed by atoms with Crippen LogP contribution in [0, 0.1) is 6.92 Å². The van der Waals surface area contributed by atoms with E-state index in [0.29, 0.717) is 12.3 Å². The van der Waals surface area contributed by atoms with Gasteiger partial charge in [0.2, 0.25) is 5.91 Å². The van der Waals surface area contributed by atoms with Gasteiger partial charge in [-0.15, -0.1) is 11.8 Å². The topological polar surface area (TPSA) is 48.5 Å². The SMILES string of the molecule is Cc1cccc2sc(N3CCN(CCNC(=O)CSc4ccccc4)CC3)nc12. The molecule has 2 heterocycles. The second kappa shape index (κ2) is 9.61. The summed E-state index contributed by atoms with van der Waals surface area (Å²) in [6.45, 7) is 7.69. The van der Waals surface area contributed by atoms with E-state index in [1.807, 2.05) is 30.3 Å². The smallest absolute Gasteiger partial charge is 0.230 e. The van der Waals surface area contributed by atoms with Crippen molar-refractivity contribution in [3.63, 3.8) is 0 Å². The molecule has 1 amide bonds. The number of aromatic nitrogens is 1. The fourth-order valence-electron chi connectivity index (χ4n) is 3.44. The molecule has 3 aromatic rings. The third-order valence-electron chi connectivity index (χ3n) is 5.12. The Morgan fingerprint density at radius 2 is 1.90 bits per heavy atom. The van der Waals surface area contributed by atoms with Gasteiger partial charge in [-0.25, -0.2) is 4.98 Å². The summed E-state index contributed by atoms with van der Waals surface area (Å²) in [4.78, 5) is 22.8. The van der Waals surface area contributed by atoms with Crippen molar-refractivity contribution in [3.8, 4) is 0 Å². The minimum absolute atomic E-state index is 0.0994. The number of thiazole rings is 1. The molecular formula is C22H26N4OS2. The quantitative estimate of drug-likeness (QED) is 0.585. The molecule has 5 nitrogen and oxygen atoms in total. The van der Waals surface area contributed by atoms with Gasteiger partial charge < -0.3 is 10.2 Å². The summed E-state index contributed by atoms with van der Waals surface area (Å²) in [5.41, 5.74) is 2.37. The first kappa shape index (κ1) is 20.2. The summed E-state index contributed by atoms with van der Waals surface area (Å²) in [5, 5.41) is 4.17. The van der Waals surface area contributed by atoms with Crippen molar-refractivity contribution in [1.82, 2.24) is 15.2 Å². The van der Waals surface area contributed by atoms with E-state index in [9.17, 15) is 4.79 Å². The number of carbonyl (C=O) groups excluding carboxylic acids is 1. The van der Waals surface area contributed by atoms with Crippen LogP contribution in [0.2, 0.25) is 0 Å². The highest BCUT2D eigenvalue weighted by Crippen LogP contribution is 2.30. The molecule has 1 N–H and O–H groups in total. The number of rotatable bonds is 7. The zero-order chi connectivity index (χ0) is 20.1. The van der Waals surface area contributed by atoms with E-state index >= 15 is 0 Å². The predicted octanol–water partition coefficient (Wildman–Crippen LogP) is 3.64.